The van der Waals surface area contributed by atoms with Crippen molar-refractivity contribution in [2.45, 2.75) is 11.8 Å². The van der Waals surface area contributed by atoms with Gasteiger partial charge in [-0.2, -0.15) is 0 Å². The van der Waals surface area contributed by atoms with Gasteiger partial charge in [-0.1, -0.05) is 41.2 Å². The van der Waals surface area contributed by atoms with Crippen LogP contribution in [0.1, 0.15) is 5.56 Å². The van der Waals surface area contributed by atoms with Gasteiger partial charge in [-0.15, -0.1) is 0 Å². The monoisotopic (exact) mass is 381 g/mol. The molecule has 0 fully saturated rings. The van der Waals surface area contributed by atoms with Gasteiger partial charge in [-0.25, -0.2) is 18.4 Å². The third-order valence-corrected chi connectivity index (χ3v) is 6.28. The first-order valence-electron chi connectivity index (χ1n) is 7.93. The Balaban J connectivity index is 1.66. The second kappa shape index (κ2) is 6.51. The van der Waals surface area contributed by atoms with Crippen LogP contribution in [0.4, 0.5) is 5.69 Å². The Morgan fingerprint density at radius 3 is 2.58 bits per heavy atom. The lowest BCUT2D eigenvalue weighted by Gasteiger charge is -2.09. The van der Waals surface area contributed by atoms with E-state index in [-0.39, 0.29) is 4.90 Å². The molecule has 0 saturated heterocycles. The van der Waals surface area contributed by atoms with Crippen LogP contribution in [0.25, 0.3) is 20.9 Å². The maximum Gasteiger partial charge on any atom is 0.261 e. The van der Waals surface area contributed by atoms with Crippen LogP contribution in [-0.2, 0) is 10.0 Å². The van der Waals surface area contributed by atoms with Crippen molar-refractivity contribution in [2.24, 2.45) is 0 Å². The molecule has 2 aromatic carbocycles. The van der Waals surface area contributed by atoms with E-state index in [1.54, 1.807) is 42.6 Å². The van der Waals surface area contributed by atoms with Crippen molar-refractivity contribution in [1.82, 2.24) is 9.97 Å². The number of hydrogen-bond acceptors (Lipinski definition) is 5. The molecule has 0 amide bonds. The largest absolute Gasteiger partial charge is 0.280 e. The van der Waals surface area contributed by atoms with E-state index in [2.05, 4.69) is 14.7 Å². The molecule has 0 atom stereocenters. The van der Waals surface area contributed by atoms with E-state index in [1.165, 1.54) is 11.3 Å². The Bertz CT molecular complexity index is 1150. The van der Waals surface area contributed by atoms with Crippen molar-refractivity contribution in [3.05, 3.63) is 72.4 Å². The summed E-state index contributed by atoms with van der Waals surface area (Å²) >= 11 is 1.48. The van der Waals surface area contributed by atoms with E-state index in [0.717, 1.165) is 26.5 Å². The first kappa shape index (κ1) is 16.7. The number of sulfonamides is 1. The Labute approximate surface area is 155 Å². The fourth-order valence-corrected chi connectivity index (χ4v) is 4.49. The first-order valence-corrected chi connectivity index (χ1v) is 10.2. The van der Waals surface area contributed by atoms with Crippen LogP contribution in [0.2, 0.25) is 0 Å². The highest BCUT2D eigenvalue weighted by molar-refractivity contribution is 7.92. The number of thiazole rings is 1. The maximum atomic E-state index is 12.6. The number of nitrogens with zero attached hydrogens (tertiary/aromatic N) is 2. The molecule has 0 spiro atoms. The first-order chi connectivity index (χ1) is 12.5. The van der Waals surface area contributed by atoms with E-state index in [1.807, 2.05) is 31.2 Å². The van der Waals surface area contributed by atoms with Crippen LogP contribution in [0.3, 0.4) is 0 Å². The molecule has 1 N–H and O–H groups in total. The fraction of sp³-hybridized carbons (Fsp3) is 0.0526. The summed E-state index contributed by atoms with van der Waals surface area (Å²) in [5.41, 5.74) is 3.18. The van der Waals surface area contributed by atoms with E-state index in [4.69, 9.17) is 0 Å². The number of anilines is 1. The van der Waals surface area contributed by atoms with Crippen LogP contribution < -0.4 is 4.72 Å². The van der Waals surface area contributed by atoms with Crippen LogP contribution in [0.5, 0.6) is 0 Å². The zero-order valence-electron chi connectivity index (χ0n) is 13.9. The lowest BCUT2D eigenvalue weighted by atomic mass is 10.2. The average molecular weight is 381 g/mol. The van der Waals surface area contributed by atoms with E-state index in [9.17, 15) is 8.42 Å². The van der Waals surface area contributed by atoms with Gasteiger partial charge in [-0.3, -0.25) is 4.72 Å². The Morgan fingerprint density at radius 2 is 1.81 bits per heavy atom. The molecule has 130 valence electrons. The molecule has 2 aromatic heterocycles. The number of fused-ring (bicyclic) bond motifs is 1. The summed E-state index contributed by atoms with van der Waals surface area (Å²) in [5, 5.41) is 0.801. The smallest absolute Gasteiger partial charge is 0.261 e. The van der Waals surface area contributed by atoms with E-state index >= 15 is 0 Å². The molecule has 4 aromatic rings. The third-order valence-electron chi connectivity index (χ3n) is 3.86. The fourth-order valence-electron chi connectivity index (χ4n) is 2.54. The maximum absolute atomic E-state index is 12.6. The van der Waals surface area contributed by atoms with E-state index in [0.29, 0.717) is 5.69 Å². The standard InChI is InChI=1S/C19H15N3O2S2/c1-13-7-9-16(10-8-13)26(23,24)22-15-5-2-4-14(12-15)18-21-17-6-3-11-20-19(17)25-18/h2-12,22H,1H3. The summed E-state index contributed by atoms with van der Waals surface area (Å²) in [6.07, 6.45) is 1.73. The number of nitrogens with one attached hydrogen (secondary N) is 1. The molecule has 0 saturated carbocycles. The molecule has 2 heterocycles. The zero-order valence-corrected chi connectivity index (χ0v) is 15.5. The van der Waals surface area contributed by atoms with Crippen molar-refractivity contribution < 1.29 is 8.42 Å². The molecule has 0 unspecified atom stereocenters. The number of hydrogen-bond donors (Lipinski definition) is 1. The molecule has 0 radical (unpaired) electrons. The summed E-state index contributed by atoms with van der Waals surface area (Å²) in [6, 6.07) is 17.7. The lowest BCUT2D eigenvalue weighted by molar-refractivity contribution is 0.601. The van der Waals surface area contributed by atoms with Gasteiger partial charge in [0.05, 0.1) is 4.90 Å². The molecule has 0 aliphatic rings. The normalized spacial score (nSPS) is 11.6. The quantitative estimate of drug-likeness (QED) is 0.566. The summed E-state index contributed by atoms with van der Waals surface area (Å²) in [6.45, 7) is 1.92. The Hall–Kier alpha value is -2.77. The molecule has 0 aliphatic carbocycles. The van der Waals surface area contributed by atoms with Crippen molar-refractivity contribution in [3.8, 4) is 10.6 Å². The number of aryl methyl sites for hydroxylation is 1. The van der Waals surface area contributed by atoms with Gasteiger partial charge in [0.15, 0.2) is 0 Å². The molecular weight excluding hydrogens is 366 g/mol. The molecule has 5 nitrogen and oxygen atoms in total. The second-order valence-electron chi connectivity index (χ2n) is 5.85. The molecule has 7 heteroatoms. The highest BCUT2D eigenvalue weighted by Crippen LogP contribution is 2.30. The predicted octanol–water partition coefficient (Wildman–Crippen LogP) is 4.47. The number of benzene rings is 2. The number of rotatable bonds is 4. The Morgan fingerprint density at radius 1 is 1.00 bits per heavy atom. The van der Waals surface area contributed by atoms with Crippen molar-refractivity contribution in [1.29, 1.82) is 0 Å². The summed E-state index contributed by atoms with van der Waals surface area (Å²) in [5.74, 6) is 0. The minimum absolute atomic E-state index is 0.234. The van der Waals surface area contributed by atoms with Gasteiger partial charge in [0.1, 0.15) is 15.4 Å². The van der Waals surface area contributed by atoms with Gasteiger partial charge >= 0.3 is 0 Å². The predicted molar refractivity (Wildman–Crippen MR) is 105 cm³/mol. The third kappa shape index (κ3) is 3.31. The summed E-state index contributed by atoms with van der Waals surface area (Å²) < 4.78 is 27.8. The van der Waals surface area contributed by atoms with Crippen LogP contribution in [0, 0.1) is 6.92 Å². The van der Waals surface area contributed by atoms with Crippen molar-refractivity contribution in [3.63, 3.8) is 0 Å². The minimum Gasteiger partial charge on any atom is -0.280 e. The van der Waals surface area contributed by atoms with Crippen LogP contribution in [-0.4, -0.2) is 18.4 Å². The van der Waals surface area contributed by atoms with Gasteiger partial charge in [0.25, 0.3) is 10.0 Å². The Kier molecular flexibility index (Phi) is 4.18. The van der Waals surface area contributed by atoms with Gasteiger partial charge in [0, 0.05) is 17.4 Å². The topological polar surface area (TPSA) is 72.0 Å². The molecule has 4 rings (SSSR count). The van der Waals surface area contributed by atoms with Gasteiger partial charge in [-0.05, 0) is 43.3 Å². The number of pyridine rings is 1. The zero-order chi connectivity index (χ0) is 18.1. The van der Waals surface area contributed by atoms with Gasteiger partial charge < -0.3 is 0 Å². The van der Waals surface area contributed by atoms with Gasteiger partial charge in [0.2, 0.25) is 0 Å². The minimum atomic E-state index is -3.63. The average Bonchev–Trinajstić information content (AvgIpc) is 3.06. The van der Waals surface area contributed by atoms with Crippen LogP contribution >= 0.6 is 11.3 Å². The lowest BCUT2D eigenvalue weighted by Crippen LogP contribution is -2.12. The number of aromatic nitrogens is 2. The SMILES string of the molecule is Cc1ccc(S(=O)(=O)Nc2cccc(-c3nc4cccnc4s3)c2)cc1. The summed E-state index contributed by atoms with van der Waals surface area (Å²) in [4.78, 5) is 9.96. The molecule has 0 bridgehead atoms. The highest BCUT2D eigenvalue weighted by atomic mass is 32.2. The summed E-state index contributed by atoms with van der Waals surface area (Å²) in [7, 11) is -3.63. The molecule has 26 heavy (non-hydrogen) atoms. The molecular formula is C19H15N3O2S2. The second-order valence-corrected chi connectivity index (χ2v) is 8.51. The molecule has 0 aliphatic heterocycles. The van der Waals surface area contributed by atoms with Crippen LogP contribution in [0.15, 0.2) is 71.8 Å². The van der Waals surface area contributed by atoms with Crippen molar-refractivity contribution >= 4 is 37.4 Å². The van der Waals surface area contributed by atoms with Crippen molar-refractivity contribution in [2.75, 3.05) is 4.72 Å². The highest BCUT2D eigenvalue weighted by Gasteiger charge is 2.15. The van der Waals surface area contributed by atoms with E-state index < -0.39 is 10.0 Å².